The van der Waals surface area contributed by atoms with E-state index in [9.17, 15) is 18.0 Å². The second-order valence-electron chi connectivity index (χ2n) is 10.2. The number of fused-ring (bicyclic) bond motifs is 1. The smallest absolute Gasteiger partial charge is 0.372 e. The second kappa shape index (κ2) is 11.4. The van der Waals surface area contributed by atoms with Gasteiger partial charge in [-0.3, -0.25) is 4.52 Å². The van der Waals surface area contributed by atoms with Gasteiger partial charge in [-0.15, -0.1) is 0 Å². The Labute approximate surface area is 231 Å². The molecule has 2 aromatic carbocycles. The van der Waals surface area contributed by atoms with Gasteiger partial charge in [-0.1, -0.05) is 58.3 Å². The van der Waals surface area contributed by atoms with E-state index in [2.05, 4.69) is 56.7 Å². The maximum atomic E-state index is 14.8. The van der Waals surface area contributed by atoms with Crippen molar-refractivity contribution in [3.63, 3.8) is 0 Å². The fourth-order valence-electron chi connectivity index (χ4n) is 5.13. The van der Waals surface area contributed by atoms with Crippen LogP contribution in [0.1, 0.15) is 47.4 Å². The van der Waals surface area contributed by atoms with E-state index in [1.807, 2.05) is 0 Å². The Balaban J connectivity index is 1.67. The molecule has 1 N–H and O–H groups in total. The maximum Gasteiger partial charge on any atom is 0.446 e. The molecule has 0 bridgehead atoms. The van der Waals surface area contributed by atoms with Crippen molar-refractivity contribution in [1.29, 1.82) is 0 Å². The van der Waals surface area contributed by atoms with Crippen molar-refractivity contribution in [3.8, 4) is 17.1 Å². The van der Waals surface area contributed by atoms with Crippen molar-refractivity contribution in [2.24, 2.45) is 0 Å². The Hall–Kier alpha value is -2.76. The van der Waals surface area contributed by atoms with Crippen LogP contribution < -0.4 is 5.76 Å². The van der Waals surface area contributed by atoms with Crippen LogP contribution in [0.2, 0.25) is 5.02 Å². The summed E-state index contributed by atoms with van der Waals surface area (Å²) in [5.41, 5.74) is 0.0641. The van der Waals surface area contributed by atoms with E-state index in [0.717, 1.165) is 16.7 Å². The Morgan fingerprint density at radius 3 is 2.33 bits per heavy atom. The molecule has 0 amide bonds. The van der Waals surface area contributed by atoms with E-state index in [0.29, 0.717) is 40.5 Å². The van der Waals surface area contributed by atoms with E-state index in [1.165, 1.54) is 12.1 Å². The zero-order valence-electron chi connectivity index (χ0n) is 22.6. The minimum atomic E-state index is -1.18. The third kappa shape index (κ3) is 5.36. The van der Waals surface area contributed by atoms with Gasteiger partial charge in [-0.2, -0.15) is 0 Å². The average molecular weight is 585 g/mol. The lowest BCUT2D eigenvalue weighted by atomic mass is 10.1. The average Bonchev–Trinajstić information content (AvgIpc) is 3.46. The monoisotopic (exact) mass is 584 g/mol. The van der Waals surface area contributed by atoms with Gasteiger partial charge in [0.1, 0.15) is 17.2 Å². The molecule has 0 fully saturated rings. The molecule has 7 nitrogen and oxygen atoms in total. The number of aromatic amines is 1. The highest BCUT2D eigenvalue weighted by molar-refractivity contribution is 8.34. The highest BCUT2D eigenvalue weighted by Crippen LogP contribution is 2.60. The fourth-order valence-corrected chi connectivity index (χ4v) is 9.80. The van der Waals surface area contributed by atoms with Crippen molar-refractivity contribution < 1.29 is 22.4 Å². The minimum Gasteiger partial charge on any atom is -0.372 e. The number of H-pyrrole nitrogens is 1. The molecule has 0 radical (unpaired) electrons. The molecular formula is C27H32ClF3N4O3S. The summed E-state index contributed by atoms with van der Waals surface area (Å²) in [5, 5.41) is 5.00. The third-order valence-corrected chi connectivity index (χ3v) is 13.3. The van der Waals surface area contributed by atoms with E-state index in [4.69, 9.17) is 20.9 Å². The predicted molar refractivity (Wildman–Crippen MR) is 150 cm³/mol. The summed E-state index contributed by atoms with van der Waals surface area (Å²) >= 11 is 5.89. The standard InChI is InChI=1S/C27H32ClF3N4O3S/c1-14(2)39(15(3)4,16(5)6)13-37-10-9-22-32-24-18(12-21(30)23(31)25(24)33-22)26-34-38-27(36)35(26)17-7-8-20(29)19(28)11-17/h7-8,11-12,14-16H,9-10,13H2,1-6H3,(H,32,33). The van der Waals surface area contributed by atoms with Crippen molar-refractivity contribution in [2.75, 3.05) is 12.5 Å². The fraction of sp³-hybridized carbons (Fsp3) is 0.444. The zero-order valence-corrected chi connectivity index (χ0v) is 24.2. The van der Waals surface area contributed by atoms with Crippen LogP contribution in [0.25, 0.3) is 28.1 Å². The lowest BCUT2D eigenvalue weighted by Gasteiger charge is -2.50. The van der Waals surface area contributed by atoms with Crippen molar-refractivity contribution in [3.05, 3.63) is 63.1 Å². The summed E-state index contributed by atoms with van der Waals surface area (Å²) in [6, 6.07) is 4.48. The minimum absolute atomic E-state index is 0.0396. The van der Waals surface area contributed by atoms with Gasteiger partial charge in [0.25, 0.3) is 0 Å². The van der Waals surface area contributed by atoms with Gasteiger partial charge in [-0.25, -0.2) is 37.5 Å². The molecule has 12 heteroatoms. The first kappa shape index (κ1) is 29.2. The molecule has 0 saturated carbocycles. The Morgan fingerprint density at radius 2 is 1.72 bits per heavy atom. The molecule has 2 aromatic heterocycles. The topological polar surface area (TPSA) is 85.9 Å². The molecule has 0 aliphatic rings. The number of nitrogens with zero attached hydrogens (tertiary/aromatic N) is 3. The van der Waals surface area contributed by atoms with E-state index < -0.39 is 33.2 Å². The third-order valence-electron chi connectivity index (χ3n) is 7.12. The van der Waals surface area contributed by atoms with E-state index in [-0.39, 0.29) is 33.1 Å². The van der Waals surface area contributed by atoms with Crippen LogP contribution in [0.15, 0.2) is 33.6 Å². The predicted octanol–water partition coefficient (Wildman–Crippen LogP) is 6.99. The van der Waals surface area contributed by atoms with Gasteiger partial charge >= 0.3 is 5.76 Å². The molecule has 0 atom stereocenters. The summed E-state index contributed by atoms with van der Waals surface area (Å²) in [4.78, 5) is 19.8. The number of benzene rings is 2. The second-order valence-corrected chi connectivity index (χ2v) is 15.5. The summed E-state index contributed by atoms with van der Waals surface area (Å²) in [7, 11) is -1.06. The lowest BCUT2D eigenvalue weighted by Crippen LogP contribution is -2.32. The molecule has 0 aliphatic heterocycles. The summed E-state index contributed by atoms with van der Waals surface area (Å²) in [6.07, 6.45) is 0.332. The van der Waals surface area contributed by atoms with Gasteiger partial charge in [0.05, 0.1) is 34.3 Å². The highest BCUT2D eigenvalue weighted by atomic mass is 35.5. The van der Waals surface area contributed by atoms with Gasteiger partial charge in [0, 0.05) is 6.42 Å². The van der Waals surface area contributed by atoms with Gasteiger partial charge in [-0.05, 0) is 40.0 Å². The van der Waals surface area contributed by atoms with Crippen LogP contribution in [-0.4, -0.2) is 48.0 Å². The number of hydrogen-bond acceptors (Lipinski definition) is 5. The molecule has 0 saturated heterocycles. The van der Waals surface area contributed by atoms with Crippen molar-refractivity contribution >= 4 is 32.7 Å². The van der Waals surface area contributed by atoms with Crippen molar-refractivity contribution in [1.82, 2.24) is 19.7 Å². The molecule has 2 heterocycles. The first-order valence-electron chi connectivity index (χ1n) is 12.6. The van der Waals surface area contributed by atoms with Gasteiger partial charge in [0.2, 0.25) is 0 Å². The van der Waals surface area contributed by atoms with Crippen LogP contribution in [0, 0.1) is 17.5 Å². The molecule has 0 unspecified atom stereocenters. The summed E-state index contributed by atoms with van der Waals surface area (Å²) < 4.78 is 55.1. The number of aromatic nitrogens is 4. The first-order valence-corrected chi connectivity index (χ1v) is 15.0. The number of ether oxygens (including phenoxy) is 1. The normalized spacial score (nSPS) is 12.9. The molecule has 0 spiro atoms. The Morgan fingerprint density at radius 1 is 1.05 bits per heavy atom. The van der Waals surface area contributed by atoms with Crippen LogP contribution in [0.5, 0.6) is 0 Å². The molecule has 0 aliphatic carbocycles. The number of hydrogen-bond donors (Lipinski definition) is 1. The van der Waals surface area contributed by atoms with Crippen molar-refractivity contribution in [2.45, 2.75) is 63.7 Å². The van der Waals surface area contributed by atoms with E-state index >= 15 is 0 Å². The molecule has 212 valence electrons. The van der Waals surface area contributed by atoms with Gasteiger partial charge < -0.3 is 9.72 Å². The molecule has 4 aromatic rings. The van der Waals surface area contributed by atoms with E-state index in [1.54, 1.807) is 0 Å². The van der Waals surface area contributed by atoms with Crippen LogP contribution in [0.3, 0.4) is 0 Å². The number of halogens is 4. The lowest BCUT2D eigenvalue weighted by molar-refractivity contribution is 0.181. The number of nitrogens with one attached hydrogen (secondary N) is 1. The van der Waals surface area contributed by atoms with Crippen LogP contribution in [-0.2, 0) is 11.2 Å². The molecular weight excluding hydrogens is 553 g/mol. The number of imidazole rings is 1. The van der Waals surface area contributed by atoms with Crippen LogP contribution >= 0.6 is 21.6 Å². The SMILES string of the molecule is CC(C)S(COCCc1nc2c(F)c(F)cc(-c3noc(=O)n3-c3ccc(F)c(Cl)c3)c2[nH]1)(C(C)C)C(C)C. The zero-order chi connectivity index (χ0) is 28.6. The first-order chi connectivity index (χ1) is 18.4. The largest absolute Gasteiger partial charge is 0.446 e. The van der Waals surface area contributed by atoms with Crippen LogP contribution in [0.4, 0.5) is 13.2 Å². The Bertz CT molecular complexity index is 1530. The summed E-state index contributed by atoms with van der Waals surface area (Å²) in [5.74, 6) is -3.01. The molecule has 39 heavy (non-hydrogen) atoms. The Kier molecular flexibility index (Phi) is 8.53. The quantitative estimate of drug-likeness (QED) is 0.203. The maximum absolute atomic E-state index is 14.8. The molecule has 4 rings (SSSR count). The summed E-state index contributed by atoms with van der Waals surface area (Å²) in [6.45, 7) is 13.8. The highest BCUT2D eigenvalue weighted by Gasteiger charge is 2.34. The number of rotatable bonds is 10. The van der Waals surface area contributed by atoms with Gasteiger partial charge in [0.15, 0.2) is 17.5 Å².